The Morgan fingerprint density at radius 2 is 1.68 bits per heavy atom. The maximum Gasteiger partial charge on any atom is 0.175 e. The summed E-state index contributed by atoms with van der Waals surface area (Å²) in [6.45, 7) is 0. The smallest absolute Gasteiger partial charge is 0.175 e. The van der Waals surface area contributed by atoms with Crippen LogP contribution in [-0.4, -0.2) is 5.11 Å². The van der Waals surface area contributed by atoms with Gasteiger partial charge in [0.15, 0.2) is 5.11 Å². The molecule has 0 unspecified atom stereocenters. The van der Waals surface area contributed by atoms with Crippen LogP contribution in [0.25, 0.3) is 0 Å². The Balaban J connectivity index is 1.72. The van der Waals surface area contributed by atoms with E-state index < -0.39 is 0 Å². The summed E-state index contributed by atoms with van der Waals surface area (Å²) >= 11 is 12.9. The van der Waals surface area contributed by atoms with Crippen molar-refractivity contribution >= 4 is 52.1 Å². The molecule has 0 saturated heterocycles. The van der Waals surface area contributed by atoms with Crippen LogP contribution in [0.3, 0.4) is 0 Å². The first kappa shape index (κ1) is 17.7. The average molecular weight is 389 g/mol. The molecule has 126 valence electrons. The van der Waals surface area contributed by atoms with Gasteiger partial charge in [-0.25, -0.2) is 4.39 Å². The van der Waals surface area contributed by atoms with E-state index in [4.69, 9.17) is 23.8 Å². The van der Waals surface area contributed by atoms with Gasteiger partial charge in [-0.3, -0.25) is 0 Å². The zero-order valence-corrected chi connectivity index (χ0v) is 15.4. The molecule has 0 radical (unpaired) electrons. The Labute approximate surface area is 160 Å². The summed E-state index contributed by atoms with van der Waals surface area (Å²) in [6, 6.07) is 21.7. The Morgan fingerprint density at radius 3 is 2.44 bits per heavy atom. The van der Waals surface area contributed by atoms with E-state index in [-0.39, 0.29) is 5.82 Å². The van der Waals surface area contributed by atoms with E-state index in [1.54, 1.807) is 23.9 Å². The van der Waals surface area contributed by atoms with E-state index in [0.29, 0.717) is 15.8 Å². The van der Waals surface area contributed by atoms with Crippen LogP contribution in [-0.2, 0) is 0 Å². The number of nitrogens with one attached hydrogen (secondary N) is 2. The first-order chi connectivity index (χ1) is 12.1. The third-order valence-electron chi connectivity index (χ3n) is 3.26. The van der Waals surface area contributed by atoms with Crippen molar-refractivity contribution in [2.45, 2.75) is 9.79 Å². The van der Waals surface area contributed by atoms with Gasteiger partial charge in [-0.1, -0.05) is 41.6 Å². The molecule has 0 heterocycles. The summed E-state index contributed by atoms with van der Waals surface area (Å²) in [7, 11) is 0. The highest BCUT2D eigenvalue weighted by Gasteiger charge is 2.06. The number of para-hydroxylation sites is 1. The Kier molecular flexibility index (Phi) is 5.91. The quantitative estimate of drug-likeness (QED) is 0.502. The maximum absolute atomic E-state index is 13.3. The summed E-state index contributed by atoms with van der Waals surface area (Å²) < 4.78 is 13.3. The summed E-state index contributed by atoms with van der Waals surface area (Å²) in [5.41, 5.74) is 1.47. The van der Waals surface area contributed by atoms with Gasteiger partial charge in [0.25, 0.3) is 0 Å². The van der Waals surface area contributed by atoms with E-state index in [0.717, 1.165) is 15.5 Å². The third kappa shape index (κ3) is 5.19. The maximum atomic E-state index is 13.3. The molecule has 3 rings (SSSR count). The van der Waals surface area contributed by atoms with Crippen molar-refractivity contribution in [2.24, 2.45) is 0 Å². The molecule has 0 spiro atoms. The van der Waals surface area contributed by atoms with Gasteiger partial charge in [0.2, 0.25) is 0 Å². The number of halogens is 2. The van der Waals surface area contributed by atoms with Crippen LogP contribution in [0.1, 0.15) is 0 Å². The van der Waals surface area contributed by atoms with Crippen molar-refractivity contribution < 1.29 is 4.39 Å². The topological polar surface area (TPSA) is 24.1 Å². The summed E-state index contributed by atoms with van der Waals surface area (Å²) in [5, 5.41) is 7.25. The Bertz CT molecular complexity index is 885. The number of thiocarbonyl (C=S) groups is 1. The molecule has 0 aliphatic carbocycles. The fraction of sp³-hybridized carbons (Fsp3) is 0. The van der Waals surface area contributed by atoms with Crippen molar-refractivity contribution in [3.8, 4) is 0 Å². The zero-order chi connectivity index (χ0) is 17.6. The van der Waals surface area contributed by atoms with Crippen LogP contribution < -0.4 is 10.6 Å². The highest BCUT2D eigenvalue weighted by Crippen LogP contribution is 2.33. The molecule has 0 fully saturated rings. The van der Waals surface area contributed by atoms with E-state index >= 15 is 0 Å². The fourth-order valence-electron chi connectivity index (χ4n) is 2.14. The third-order valence-corrected chi connectivity index (χ3v) is 4.80. The minimum Gasteiger partial charge on any atom is -0.332 e. The minimum atomic E-state index is -0.313. The summed E-state index contributed by atoms with van der Waals surface area (Å²) in [4.78, 5) is 2.09. The highest BCUT2D eigenvalue weighted by molar-refractivity contribution is 7.99. The van der Waals surface area contributed by atoms with Crippen LogP contribution in [0.4, 0.5) is 15.8 Å². The zero-order valence-electron chi connectivity index (χ0n) is 13.0. The largest absolute Gasteiger partial charge is 0.332 e. The van der Waals surface area contributed by atoms with Crippen molar-refractivity contribution in [3.05, 3.63) is 83.6 Å². The molecular formula is C19H14ClFN2S2. The lowest BCUT2D eigenvalue weighted by molar-refractivity contribution is 0.628. The van der Waals surface area contributed by atoms with Gasteiger partial charge in [-0.05, 0) is 66.8 Å². The Hall–Kier alpha value is -2.08. The molecule has 6 heteroatoms. The molecule has 0 aromatic heterocycles. The van der Waals surface area contributed by atoms with Crippen molar-refractivity contribution in [2.75, 3.05) is 10.6 Å². The first-order valence-corrected chi connectivity index (χ1v) is 9.06. The van der Waals surface area contributed by atoms with Crippen molar-refractivity contribution in [1.29, 1.82) is 0 Å². The van der Waals surface area contributed by atoms with E-state index in [1.165, 1.54) is 12.1 Å². The molecule has 2 N–H and O–H groups in total. The highest BCUT2D eigenvalue weighted by atomic mass is 35.5. The number of hydrogen-bond donors (Lipinski definition) is 2. The summed E-state index contributed by atoms with van der Waals surface area (Å²) in [6.07, 6.45) is 0. The molecule has 0 bridgehead atoms. The van der Waals surface area contributed by atoms with Crippen molar-refractivity contribution in [1.82, 2.24) is 0 Å². The van der Waals surface area contributed by atoms with Crippen LogP contribution >= 0.6 is 35.6 Å². The number of benzene rings is 3. The van der Waals surface area contributed by atoms with Crippen molar-refractivity contribution in [3.63, 3.8) is 0 Å². The normalized spacial score (nSPS) is 10.3. The van der Waals surface area contributed by atoms with Gasteiger partial charge in [0.1, 0.15) is 5.82 Å². The van der Waals surface area contributed by atoms with E-state index in [9.17, 15) is 4.39 Å². The lowest BCUT2D eigenvalue weighted by atomic mass is 10.3. The molecule has 0 amide bonds. The van der Waals surface area contributed by atoms with Crippen LogP contribution in [0.15, 0.2) is 82.6 Å². The van der Waals surface area contributed by atoms with Crippen LogP contribution in [0, 0.1) is 5.82 Å². The first-order valence-electron chi connectivity index (χ1n) is 7.46. The van der Waals surface area contributed by atoms with E-state index in [1.807, 2.05) is 48.5 Å². The second-order valence-electron chi connectivity index (χ2n) is 5.14. The van der Waals surface area contributed by atoms with Gasteiger partial charge in [-0.15, -0.1) is 0 Å². The number of anilines is 2. The monoisotopic (exact) mass is 388 g/mol. The van der Waals surface area contributed by atoms with Crippen LogP contribution in [0.5, 0.6) is 0 Å². The lowest BCUT2D eigenvalue weighted by Crippen LogP contribution is -2.19. The molecular weight excluding hydrogens is 375 g/mol. The molecule has 25 heavy (non-hydrogen) atoms. The van der Waals surface area contributed by atoms with Gasteiger partial charge in [-0.2, -0.15) is 0 Å². The van der Waals surface area contributed by atoms with Crippen LogP contribution in [0.2, 0.25) is 5.02 Å². The van der Waals surface area contributed by atoms with Gasteiger partial charge >= 0.3 is 0 Å². The molecule has 0 atom stereocenters. The predicted octanol–water partition coefficient (Wildman–Crippen LogP) is 6.44. The Morgan fingerprint density at radius 1 is 0.920 bits per heavy atom. The molecule has 2 nitrogen and oxygen atoms in total. The lowest BCUT2D eigenvalue weighted by Gasteiger charge is -2.14. The SMILES string of the molecule is Fc1cccc(NC(=S)Nc2ccccc2Sc2ccc(Cl)cc2)c1. The molecule has 0 saturated carbocycles. The molecule has 0 aliphatic heterocycles. The molecule has 3 aromatic carbocycles. The van der Waals surface area contributed by atoms with Gasteiger partial charge in [0, 0.05) is 20.5 Å². The fourth-order valence-corrected chi connectivity index (χ4v) is 3.39. The van der Waals surface area contributed by atoms with Gasteiger partial charge in [0.05, 0.1) is 5.69 Å². The minimum absolute atomic E-state index is 0.313. The molecule has 3 aromatic rings. The number of hydrogen-bond acceptors (Lipinski definition) is 2. The second-order valence-corrected chi connectivity index (χ2v) is 7.10. The average Bonchev–Trinajstić information content (AvgIpc) is 2.58. The second kappa shape index (κ2) is 8.34. The van der Waals surface area contributed by atoms with Gasteiger partial charge < -0.3 is 10.6 Å². The van der Waals surface area contributed by atoms with E-state index in [2.05, 4.69) is 10.6 Å². The predicted molar refractivity (Wildman–Crippen MR) is 108 cm³/mol. The molecule has 0 aliphatic rings. The number of rotatable bonds is 4. The standard InChI is InChI=1S/C19H14ClFN2S2/c20-13-8-10-16(11-9-13)25-18-7-2-1-6-17(18)23-19(24)22-15-5-3-4-14(21)12-15/h1-12H,(H2,22,23,24). The summed E-state index contributed by atoms with van der Waals surface area (Å²) in [5.74, 6) is -0.313.